The van der Waals surface area contributed by atoms with Crippen LogP contribution in [0.3, 0.4) is 0 Å². The van der Waals surface area contributed by atoms with Gasteiger partial charge in [-0.1, -0.05) is 18.5 Å². The van der Waals surface area contributed by atoms with Crippen molar-refractivity contribution in [1.29, 1.82) is 0 Å². The lowest BCUT2D eigenvalue weighted by Crippen LogP contribution is -2.26. The lowest BCUT2D eigenvalue weighted by molar-refractivity contribution is 0.0954. The highest BCUT2D eigenvalue weighted by Gasteiger charge is 2.27. The number of aliphatic imine (C=N–C) groups is 1. The van der Waals surface area contributed by atoms with Gasteiger partial charge in [0.05, 0.1) is 6.61 Å². The molecular weight excluding hydrogens is 476 g/mol. The molecule has 0 saturated carbocycles. The maximum atomic E-state index is 14.0. The monoisotopic (exact) mass is 499 g/mol. The number of fused-ring (bicyclic) bond motifs is 1. The number of amides is 1. The smallest absolute Gasteiger partial charge is 0.251 e. The number of benzene rings is 1. The molecule has 7 nitrogen and oxygen atoms in total. The van der Waals surface area contributed by atoms with Crippen LogP contribution in [0.1, 0.15) is 46.9 Å². The number of nitrogens with zero attached hydrogens (tertiary/aromatic N) is 3. The van der Waals surface area contributed by atoms with Crippen LogP contribution in [0, 0.1) is 5.95 Å². The number of rotatable bonds is 7. The second-order valence-electron chi connectivity index (χ2n) is 8.26. The average Bonchev–Trinajstić information content (AvgIpc) is 3.20. The van der Waals surface area contributed by atoms with Crippen LogP contribution in [-0.2, 0) is 6.42 Å². The van der Waals surface area contributed by atoms with Crippen LogP contribution in [0.25, 0.3) is 11.3 Å². The van der Waals surface area contributed by atoms with Crippen LogP contribution in [-0.4, -0.2) is 41.5 Å². The molecule has 1 aliphatic heterocycles. The summed E-state index contributed by atoms with van der Waals surface area (Å²) in [6.07, 6.45) is 1.69. The normalized spacial score (nSPS) is 15.6. The average molecular weight is 500 g/mol. The van der Waals surface area contributed by atoms with Gasteiger partial charge < -0.3 is 15.8 Å². The largest absolute Gasteiger partial charge is 0.490 e. The standard InChI is InChI=1S/C25H24ClF2N5O2/c1-13-12-35-23-19(13)10-17(33-22(23)18-6-8-30-24(28)21(18)26)5-7-31-25(34)15-3-4-20(29)16(9-15)11-32-14(2)27/h3-4,6,8-11,13-14H,5,7,12,29H2,1-2H3,(H,31,34)/b32-11+. The molecule has 0 aliphatic carbocycles. The molecule has 2 atom stereocenters. The van der Waals surface area contributed by atoms with Gasteiger partial charge in [-0.2, -0.15) is 4.39 Å². The zero-order valence-corrected chi connectivity index (χ0v) is 19.9. The van der Waals surface area contributed by atoms with Crippen LogP contribution < -0.4 is 15.8 Å². The van der Waals surface area contributed by atoms with E-state index >= 15 is 0 Å². The molecule has 1 amide bonds. The molecule has 0 bridgehead atoms. The highest BCUT2D eigenvalue weighted by molar-refractivity contribution is 6.33. The zero-order chi connectivity index (χ0) is 25.1. The van der Waals surface area contributed by atoms with E-state index in [1.54, 1.807) is 24.3 Å². The van der Waals surface area contributed by atoms with Crippen molar-refractivity contribution < 1.29 is 18.3 Å². The third kappa shape index (κ3) is 5.40. The minimum absolute atomic E-state index is 0.124. The molecular formula is C25H24ClF2N5O2. The molecule has 0 saturated heterocycles. The Balaban J connectivity index is 1.52. The summed E-state index contributed by atoms with van der Waals surface area (Å²) >= 11 is 6.17. The van der Waals surface area contributed by atoms with E-state index in [4.69, 9.17) is 22.1 Å². The number of hydrogen-bond acceptors (Lipinski definition) is 6. The topological polar surface area (TPSA) is 102 Å². The van der Waals surface area contributed by atoms with Gasteiger partial charge in [0.25, 0.3) is 5.91 Å². The summed E-state index contributed by atoms with van der Waals surface area (Å²) < 4.78 is 32.8. The minimum Gasteiger partial charge on any atom is -0.490 e. The molecule has 0 radical (unpaired) electrons. The van der Waals surface area contributed by atoms with Gasteiger partial charge in [-0.05, 0) is 37.3 Å². The molecule has 35 heavy (non-hydrogen) atoms. The zero-order valence-electron chi connectivity index (χ0n) is 19.2. The Kier molecular flexibility index (Phi) is 7.25. The Hall–Kier alpha value is -3.59. The van der Waals surface area contributed by atoms with Crippen molar-refractivity contribution >= 4 is 29.4 Å². The quantitative estimate of drug-likeness (QED) is 0.212. The fourth-order valence-electron chi connectivity index (χ4n) is 3.75. The molecule has 0 spiro atoms. The second kappa shape index (κ2) is 10.4. The van der Waals surface area contributed by atoms with E-state index < -0.39 is 12.2 Å². The van der Waals surface area contributed by atoms with Crippen molar-refractivity contribution in [2.75, 3.05) is 18.9 Å². The summed E-state index contributed by atoms with van der Waals surface area (Å²) in [7, 11) is 0. The van der Waals surface area contributed by atoms with Gasteiger partial charge >= 0.3 is 0 Å². The fraction of sp³-hybridized carbons (Fsp3) is 0.280. The molecule has 3 aromatic rings. The number of alkyl halides is 1. The maximum absolute atomic E-state index is 14.0. The van der Waals surface area contributed by atoms with Crippen molar-refractivity contribution in [3.8, 4) is 17.0 Å². The lowest BCUT2D eigenvalue weighted by atomic mass is 9.99. The summed E-state index contributed by atoms with van der Waals surface area (Å²) in [5.41, 5.74) is 9.61. The van der Waals surface area contributed by atoms with E-state index in [-0.39, 0.29) is 16.8 Å². The van der Waals surface area contributed by atoms with Crippen LogP contribution in [0.4, 0.5) is 14.5 Å². The molecule has 182 valence electrons. The lowest BCUT2D eigenvalue weighted by Gasteiger charge is -2.13. The summed E-state index contributed by atoms with van der Waals surface area (Å²) in [6, 6.07) is 8.25. The molecule has 1 aromatic carbocycles. The van der Waals surface area contributed by atoms with Crippen LogP contribution in [0.5, 0.6) is 5.75 Å². The first-order valence-electron chi connectivity index (χ1n) is 11.1. The predicted molar refractivity (Wildman–Crippen MR) is 131 cm³/mol. The highest BCUT2D eigenvalue weighted by Crippen LogP contribution is 2.43. The Morgan fingerprint density at radius 1 is 1.40 bits per heavy atom. The number of aromatic nitrogens is 2. The van der Waals surface area contributed by atoms with Gasteiger partial charge in [-0.3, -0.25) is 9.79 Å². The number of carbonyl (C=O) groups excluding carboxylic acids is 1. The van der Waals surface area contributed by atoms with E-state index in [9.17, 15) is 13.6 Å². The van der Waals surface area contributed by atoms with Gasteiger partial charge in [-0.25, -0.2) is 14.4 Å². The summed E-state index contributed by atoms with van der Waals surface area (Å²) in [4.78, 5) is 24.6. The van der Waals surface area contributed by atoms with E-state index in [1.165, 1.54) is 19.3 Å². The number of carbonyl (C=O) groups is 1. The van der Waals surface area contributed by atoms with Crippen molar-refractivity contribution in [2.24, 2.45) is 4.99 Å². The van der Waals surface area contributed by atoms with Crippen molar-refractivity contribution in [3.63, 3.8) is 0 Å². The Bertz CT molecular complexity index is 1300. The summed E-state index contributed by atoms with van der Waals surface area (Å²) in [6.45, 7) is 4.11. The van der Waals surface area contributed by atoms with E-state index in [0.29, 0.717) is 59.1 Å². The maximum Gasteiger partial charge on any atom is 0.251 e. The first-order valence-corrected chi connectivity index (χ1v) is 11.4. The first-order chi connectivity index (χ1) is 16.7. The van der Waals surface area contributed by atoms with Crippen LogP contribution in [0.2, 0.25) is 5.02 Å². The van der Waals surface area contributed by atoms with Gasteiger partial charge in [0.2, 0.25) is 5.95 Å². The number of nitrogens with two attached hydrogens (primary N) is 1. The Labute approximate surface area is 206 Å². The SMILES string of the molecule is CC(F)/N=C/c1cc(C(=O)NCCc2cc3c(c(-c4ccnc(F)c4Cl)n2)OCC3C)ccc1N. The van der Waals surface area contributed by atoms with Gasteiger partial charge in [0, 0.05) is 64.9 Å². The highest BCUT2D eigenvalue weighted by atomic mass is 35.5. The van der Waals surface area contributed by atoms with Crippen LogP contribution in [0.15, 0.2) is 41.5 Å². The van der Waals surface area contributed by atoms with Gasteiger partial charge in [0.1, 0.15) is 16.5 Å². The van der Waals surface area contributed by atoms with Gasteiger partial charge in [0.15, 0.2) is 6.30 Å². The number of hydrogen-bond donors (Lipinski definition) is 2. The molecule has 3 N–H and O–H groups in total. The first kappa shape index (κ1) is 24.5. The van der Waals surface area contributed by atoms with Crippen LogP contribution >= 0.6 is 11.6 Å². The number of ether oxygens (including phenoxy) is 1. The summed E-state index contributed by atoms with van der Waals surface area (Å²) in [5.74, 6) is -0.383. The second-order valence-corrected chi connectivity index (χ2v) is 8.64. The van der Waals surface area contributed by atoms with E-state index in [1.807, 2.05) is 13.0 Å². The van der Waals surface area contributed by atoms with Crippen molar-refractivity contribution in [3.05, 3.63) is 69.9 Å². The third-order valence-electron chi connectivity index (χ3n) is 5.60. The minimum atomic E-state index is -1.37. The Morgan fingerprint density at radius 3 is 2.97 bits per heavy atom. The van der Waals surface area contributed by atoms with Gasteiger partial charge in [-0.15, -0.1) is 0 Å². The van der Waals surface area contributed by atoms with E-state index in [0.717, 1.165) is 5.56 Å². The summed E-state index contributed by atoms with van der Waals surface area (Å²) in [5, 5.41) is 2.73. The molecule has 2 aromatic heterocycles. The molecule has 1 aliphatic rings. The molecule has 0 fully saturated rings. The predicted octanol–water partition coefficient (Wildman–Crippen LogP) is 4.72. The van der Waals surface area contributed by atoms with E-state index in [2.05, 4.69) is 20.3 Å². The molecule has 2 unspecified atom stereocenters. The fourth-order valence-corrected chi connectivity index (χ4v) is 3.95. The van der Waals surface area contributed by atoms with Crippen molar-refractivity contribution in [1.82, 2.24) is 15.3 Å². The Morgan fingerprint density at radius 2 is 2.20 bits per heavy atom. The third-order valence-corrected chi connectivity index (χ3v) is 5.96. The molecule has 10 heteroatoms. The number of nitrogen functional groups attached to an aromatic ring is 1. The number of nitrogens with one attached hydrogen (secondary N) is 1. The number of halogens is 3. The molecule has 4 rings (SSSR count). The number of anilines is 1. The van der Waals surface area contributed by atoms with Crippen molar-refractivity contribution in [2.45, 2.75) is 32.5 Å². The molecule has 3 heterocycles. The number of pyridine rings is 2.